The lowest BCUT2D eigenvalue weighted by atomic mass is 9.78. The van der Waals surface area contributed by atoms with Crippen molar-refractivity contribution in [2.24, 2.45) is 11.8 Å². The van der Waals surface area contributed by atoms with Crippen molar-refractivity contribution in [2.45, 2.75) is 70.3 Å². The lowest BCUT2D eigenvalue weighted by Crippen LogP contribution is -2.46. The van der Waals surface area contributed by atoms with Crippen molar-refractivity contribution in [1.29, 1.82) is 0 Å². The molecule has 2 fully saturated rings. The SMILES string of the molecule is C[C@H]1[C@@H](NC(=O)COC(=O)C2(c3ccc(Cl)cc3)CCCC2)CCC[C@@H]1C. The lowest BCUT2D eigenvalue weighted by molar-refractivity contribution is -0.154. The maximum atomic E-state index is 12.9. The van der Waals surface area contributed by atoms with Crippen molar-refractivity contribution < 1.29 is 14.3 Å². The minimum atomic E-state index is -0.641. The molecular formula is C22H30ClNO3. The smallest absolute Gasteiger partial charge is 0.317 e. The van der Waals surface area contributed by atoms with Gasteiger partial charge in [-0.2, -0.15) is 0 Å². The first-order chi connectivity index (χ1) is 12.9. The van der Waals surface area contributed by atoms with Crippen molar-refractivity contribution in [3.63, 3.8) is 0 Å². The van der Waals surface area contributed by atoms with E-state index in [1.165, 1.54) is 6.42 Å². The Morgan fingerprint density at radius 1 is 1.11 bits per heavy atom. The van der Waals surface area contributed by atoms with Crippen molar-refractivity contribution in [2.75, 3.05) is 6.61 Å². The van der Waals surface area contributed by atoms with E-state index in [0.717, 1.165) is 44.1 Å². The molecule has 5 heteroatoms. The van der Waals surface area contributed by atoms with Crippen LogP contribution in [0.1, 0.15) is 64.4 Å². The summed E-state index contributed by atoms with van der Waals surface area (Å²) in [4.78, 5) is 25.3. The zero-order valence-electron chi connectivity index (χ0n) is 16.3. The molecule has 0 spiro atoms. The highest BCUT2D eigenvalue weighted by Crippen LogP contribution is 2.42. The molecule has 2 aliphatic rings. The van der Waals surface area contributed by atoms with Crippen LogP contribution in [0.5, 0.6) is 0 Å². The van der Waals surface area contributed by atoms with E-state index >= 15 is 0 Å². The van der Waals surface area contributed by atoms with Gasteiger partial charge in [-0.25, -0.2) is 0 Å². The quantitative estimate of drug-likeness (QED) is 0.744. The number of ether oxygens (including phenoxy) is 1. The molecule has 0 saturated heterocycles. The van der Waals surface area contributed by atoms with Crippen molar-refractivity contribution in [1.82, 2.24) is 5.32 Å². The van der Waals surface area contributed by atoms with Crippen LogP contribution in [0.15, 0.2) is 24.3 Å². The highest BCUT2D eigenvalue weighted by molar-refractivity contribution is 6.30. The van der Waals surface area contributed by atoms with Gasteiger partial charge in [-0.15, -0.1) is 0 Å². The lowest BCUT2D eigenvalue weighted by Gasteiger charge is -2.34. The van der Waals surface area contributed by atoms with Crippen LogP contribution in [0.4, 0.5) is 0 Å². The summed E-state index contributed by atoms with van der Waals surface area (Å²) in [5, 5.41) is 3.72. The topological polar surface area (TPSA) is 55.4 Å². The zero-order valence-corrected chi connectivity index (χ0v) is 17.1. The summed E-state index contributed by atoms with van der Waals surface area (Å²) in [6, 6.07) is 7.60. The van der Waals surface area contributed by atoms with Crippen molar-refractivity contribution in [3.05, 3.63) is 34.9 Å². The van der Waals surface area contributed by atoms with Crippen LogP contribution in [-0.2, 0) is 19.7 Å². The normalized spacial score (nSPS) is 27.1. The molecule has 0 bridgehead atoms. The number of halogens is 1. The molecule has 2 saturated carbocycles. The van der Waals surface area contributed by atoms with E-state index in [-0.39, 0.29) is 24.5 Å². The van der Waals surface area contributed by atoms with Gasteiger partial charge in [0.15, 0.2) is 6.61 Å². The van der Waals surface area contributed by atoms with Crippen LogP contribution in [0.25, 0.3) is 0 Å². The number of hydrogen-bond acceptors (Lipinski definition) is 3. The van der Waals surface area contributed by atoms with Crippen LogP contribution in [-0.4, -0.2) is 24.5 Å². The van der Waals surface area contributed by atoms with Gasteiger partial charge < -0.3 is 10.1 Å². The third-order valence-corrected chi connectivity index (χ3v) is 6.88. The number of hydrogen-bond donors (Lipinski definition) is 1. The highest BCUT2D eigenvalue weighted by Gasteiger charge is 2.44. The third-order valence-electron chi connectivity index (χ3n) is 6.63. The largest absolute Gasteiger partial charge is 0.455 e. The first kappa shape index (κ1) is 20.2. The second-order valence-corrected chi connectivity index (χ2v) is 8.75. The number of carbonyl (C=O) groups is 2. The Kier molecular flexibility index (Phi) is 6.46. The summed E-state index contributed by atoms with van der Waals surface area (Å²) in [6.07, 6.45) is 6.84. The summed E-state index contributed by atoms with van der Waals surface area (Å²) in [5.41, 5.74) is 0.293. The third kappa shape index (κ3) is 4.48. The summed E-state index contributed by atoms with van der Waals surface area (Å²) < 4.78 is 5.50. The minimum Gasteiger partial charge on any atom is -0.455 e. The van der Waals surface area contributed by atoms with E-state index in [0.29, 0.717) is 16.9 Å². The molecule has 0 heterocycles. The number of rotatable bonds is 5. The van der Waals surface area contributed by atoms with Gasteiger partial charge in [-0.3, -0.25) is 9.59 Å². The molecule has 148 valence electrons. The number of nitrogens with one attached hydrogen (secondary N) is 1. The molecule has 1 aromatic rings. The molecule has 3 atom stereocenters. The van der Waals surface area contributed by atoms with Gasteiger partial charge in [0.1, 0.15) is 0 Å². The minimum absolute atomic E-state index is 0.177. The summed E-state index contributed by atoms with van der Waals surface area (Å²) >= 11 is 5.99. The number of benzene rings is 1. The average Bonchev–Trinajstić information content (AvgIpc) is 3.15. The van der Waals surface area contributed by atoms with Gasteiger partial charge in [0.25, 0.3) is 5.91 Å². The Bertz CT molecular complexity index is 667. The van der Waals surface area contributed by atoms with E-state index in [2.05, 4.69) is 19.2 Å². The second-order valence-electron chi connectivity index (χ2n) is 8.31. The Morgan fingerprint density at radius 2 is 1.78 bits per heavy atom. The van der Waals surface area contributed by atoms with Gasteiger partial charge in [0, 0.05) is 11.1 Å². The summed E-state index contributed by atoms with van der Waals surface area (Å²) in [5.74, 6) is 0.577. The molecule has 0 radical (unpaired) electrons. The molecule has 3 rings (SSSR count). The summed E-state index contributed by atoms with van der Waals surface area (Å²) in [7, 11) is 0. The number of carbonyl (C=O) groups excluding carboxylic acids is 2. The zero-order chi connectivity index (χ0) is 19.4. The van der Waals surface area contributed by atoms with Crippen LogP contribution < -0.4 is 5.32 Å². The molecule has 1 N–H and O–H groups in total. The molecule has 27 heavy (non-hydrogen) atoms. The van der Waals surface area contributed by atoms with Gasteiger partial charge >= 0.3 is 5.97 Å². The Hall–Kier alpha value is -1.55. The fourth-order valence-corrected chi connectivity index (χ4v) is 4.79. The van der Waals surface area contributed by atoms with Gasteiger partial charge in [0.2, 0.25) is 0 Å². The van der Waals surface area contributed by atoms with Crippen LogP contribution in [0.2, 0.25) is 5.02 Å². The van der Waals surface area contributed by atoms with E-state index in [1.807, 2.05) is 24.3 Å². The molecule has 1 aromatic carbocycles. The first-order valence-electron chi connectivity index (χ1n) is 10.1. The van der Waals surface area contributed by atoms with E-state index in [4.69, 9.17) is 16.3 Å². The second kappa shape index (κ2) is 8.64. The standard InChI is InChI=1S/C22H30ClNO3/c1-15-6-5-7-19(16(15)2)24-20(25)14-27-21(26)22(12-3-4-13-22)17-8-10-18(23)11-9-17/h8-11,15-16,19H,3-7,12-14H2,1-2H3,(H,24,25)/t15-,16+,19-/m0/s1. The van der Waals surface area contributed by atoms with Gasteiger partial charge in [0.05, 0.1) is 5.41 Å². The van der Waals surface area contributed by atoms with Crippen molar-refractivity contribution in [3.8, 4) is 0 Å². The molecule has 2 aliphatic carbocycles. The highest BCUT2D eigenvalue weighted by atomic mass is 35.5. The summed E-state index contributed by atoms with van der Waals surface area (Å²) in [6.45, 7) is 4.22. The maximum absolute atomic E-state index is 12.9. The van der Waals surface area contributed by atoms with Gasteiger partial charge in [-0.05, 0) is 48.8 Å². The van der Waals surface area contributed by atoms with Crippen molar-refractivity contribution >= 4 is 23.5 Å². The van der Waals surface area contributed by atoms with E-state index in [1.54, 1.807) is 0 Å². The molecule has 0 aliphatic heterocycles. The maximum Gasteiger partial charge on any atom is 0.317 e. The van der Waals surface area contributed by atoms with Crippen LogP contribution in [0.3, 0.4) is 0 Å². The Balaban J connectivity index is 1.60. The van der Waals surface area contributed by atoms with E-state index < -0.39 is 5.41 Å². The Labute approximate surface area is 167 Å². The molecule has 4 nitrogen and oxygen atoms in total. The molecule has 0 aromatic heterocycles. The Morgan fingerprint density at radius 3 is 2.44 bits per heavy atom. The average molecular weight is 392 g/mol. The van der Waals surface area contributed by atoms with Crippen LogP contribution in [0, 0.1) is 11.8 Å². The van der Waals surface area contributed by atoms with Gasteiger partial charge in [-0.1, -0.05) is 63.3 Å². The molecule has 1 amide bonds. The predicted octanol–water partition coefficient (Wildman–Crippen LogP) is 4.64. The molecule has 0 unspecified atom stereocenters. The fraction of sp³-hybridized carbons (Fsp3) is 0.636. The van der Waals surface area contributed by atoms with E-state index in [9.17, 15) is 9.59 Å². The van der Waals surface area contributed by atoms with Crippen LogP contribution >= 0.6 is 11.6 Å². The molecular weight excluding hydrogens is 362 g/mol. The predicted molar refractivity (Wildman–Crippen MR) is 107 cm³/mol. The number of amides is 1. The number of esters is 1. The first-order valence-corrected chi connectivity index (χ1v) is 10.5. The monoisotopic (exact) mass is 391 g/mol. The fourth-order valence-electron chi connectivity index (χ4n) is 4.66.